The SMILES string of the molecule is Cc1cc(C)cc([C@H](C(=O)O)N2CC[C@@H](OCCCCc3ccc4c(n3)NCCC4)C2)c1. The fourth-order valence-electron chi connectivity index (χ4n) is 4.97. The van der Waals surface area contributed by atoms with Gasteiger partial charge in [0, 0.05) is 31.9 Å². The lowest BCUT2D eigenvalue weighted by molar-refractivity contribution is -0.143. The summed E-state index contributed by atoms with van der Waals surface area (Å²) in [5, 5.41) is 13.3. The first-order valence-corrected chi connectivity index (χ1v) is 11.9. The molecule has 2 atom stereocenters. The summed E-state index contributed by atoms with van der Waals surface area (Å²) < 4.78 is 6.11. The van der Waals surface area contributed by atoms with E-state index in [1.807, 2.05) is 30.9 Å². The summed E-state index contributed by atoms with van der Waals surface area (Å²) in [5.74, 6) is 0.274. The van der Waals surface area contributed by atoms with Gasteiger partial charge in [-0.1, -0.05) is 35.4 Å². The summed E-state index contributed by atoms with van der Waals surface area (Å²) in [6.07, 6.45) is 6.28. The third-order valence-electron chi connectivity index (χ3n) is 6.47. The summed E-state index contributed by atoms with van der Waals surface area (Å²) in [5.41, 5.74) is 5.53. The molecule has 0 unspecified atom stereocenters. The Morgan fingerprint density at radius 3 is 2.84 bits per heavy atom. The van der Waals surface area contributed by atoms with E-state index in [9.17, 15) is 9.90 Å². The van der Waals surface area contributed by atoms with Crippen LogP contribution >= 0.6 is 0 Å². The standard InChI is InChI=1S/C26H35N3O3/c1-18-14-19(2)16-21(15-18)24(26(30)31)29-12-10-23(17-29)32-13-4-3-7-22-9-8-20-6-5-11-27-25(20)28-22/h8-9,14-16,23-24H,3-7,10-13,17H2,1-2H3,(H,27,28)(H,30,31)/t23-,24-/m1/s1. The van der Waals surface area contributed by atoms with E-state index in [0.29, 0.717) is 13.2 Å². The number of pyridine rings is 1. The molecule has 2 aromatic rings. The van der Waals surface area contributed by atoms with Gasteiger partial charge in [0.2, 0.25) is 0 Å². The zero-order chi connectivity index (χ0) is 22.5. The van der Waals surface area contributed by atoms with E-state index >= 15 is 0 Å². The van der Waals surface area contributed by atoms with Gasteiger partial charge < -0.3 is 15.2 Å². The molecule has 4 rings (SSSR count). The van der Waals surface area contributed by atoms with Crippen molar-refractivity contribution in [3.05, 3.63) is 58.3 Å². The molecule has 0 amide bonds. The van der Waals surface area contributed by atoms with Gasteiger partial charge in [0.05, 0.1) is 6.10 Å². The Labute approximate surface area is 191 Å². The molecule has 2 N–H and O–H groups in total. The van der Waals surface area contributed by atoms with Crippen LogP contribution in [0.25, 0.3) is 0 Å². The molecule has 1 aromatic heterocycles. The Morgan fingerprint density at radius 1 is 1.25 bits per heavy atom. The minimum Gasteiger partial charge on any atom is -0.480 e. The van der Waals surface area contributed by atoms with Gasteiger partial charge in [-0.2, -0.15) is 0 Å². The van der Waals surface area contributed by atoms with Crippen LogP contribution in [0.2, 0.25) is 0 Å². The zero-order valence-electron chi connectivity index (χ0n) is 19.3. The molecular formula is C26H35N3O3. The molecule has 0 radical (unpaired) electrons. The lowest BCUT2D eigenvalue weighted by Gasteiger charge is -2.25. The first-order valence-electron chi connectivity index (χ1n) is 11.9. The maximum absolute atomic E-state index is 12.0. The highest BCUT2D eigenvalue weighted by atomic mass is 16.5. The number of aliphatic carboxylic acids is 1. The molecule has 32 heavy (non-hydrogen) atoms. The van der Waals surface area contributed by atoms with Crippen LogP contribution in [-0.4, -0.2) is 53.3 Å². The first kappa shape index (κ1) is 22.7. The summed E-state index contributed by atoms with van der Waals surface area (Å²) in [6, 6.07) is 9.82. The quantitative estimate of drug-likeness (QED) is 0.570. The third kappa shape index (κ3) is 5.67. The van der Waals surface area contributed by atoms with Crippen LogP contribution in [0.3, 0.4) is 0 Å². The highest BCUT2D eigenvalue weighted by molar-refractivity contribution is 5.75. The maximum atomic E-state index is 12.0. The smallest absolute Gasteiger partial charge is 0.325 e. The molecule has 6 nitrogen and oxygen atoms in total. The van der Waals surface area contributed by atoms with Crippen LogP contribution in [0.15, 0.2) is 30.3 Å². The largest absolute Gasteiger partial charge is 0.480 e. The van der Waals surface area contributed by atoms with Crippen LogP contribution in [0, 0.1) is 13.8 Å². The number of carboxylic acids is 1. The van der Waals surface area contributed by atoms with Crippen molar-refractivity contribution in [1.82, 2.24) is 9.88 Å². The number of aryl methyl sites for hydroxylation is 4. The molecule has 0 aliphatic carbocycles. The average Bonchev–Trinajstić information content (AvgIpc) is 3.20. The number of anilines is 1. The third-order valence-corrected chi connectivity index (χ3v) is 6.47. The normalized spacial score (nSPS) is 19.4. The van der Waals surface area contributed by atoms with Gasteiger partial charge >= 0.3 is 5.97 Å². The molecule has 1 aromatic carbocycles. The molecule has 3 heterocycles. The van der Waals surface area contributed by atoms with Gasteiger partial charge in [0.25, 0.3) is 0 Å². The molecule has 172 valence electrons. The molecule has 0 spiro atoms. The summed E-state index contributed by atoms with van der Waals surface area (Å²) >= 11 is 0. The Hall–Kier alpha value is -2.44. The summed E-state index contributed by atoms with van der Waals surface area (Å²) in [4.78, 5) is 18.9. The molecule has 2 aliphatic heterocycles. The Bertz CT molecular complexity index is 926. The molecule has 6 heteroatoms. The van der Waals surface area contributed by atoms with Crippen molar-refractivity contribution in [2.45, 2.75) is 64.5 Å². The molecule has 1 saturated heterocycles. The van der Waals surface area contributed by atoms with E-state index < -0.39 is 12.0 Å². The van der Waals surface area contributed by atoms with E-state index in [2.05, 4.69) is 23.5 Å². The summed E-state index contributed by atoms with van der Waals surface area (Å²) in [6.45, 7) is 7.18. The van der Waals surface area contributed by atoms with Gasteiger partial charge in [-0.05, 0) is 69.6 Å². The van der Waals surface area contributed by atoms with Crippen molar-refractivity contribution in [3.63, 3.8) is 0 Å². The number of fused-ring (bicyclic) bond motifs is 1. The summed E-state index contributed by atoms with van der Waals surface area (Å²) in [7, 11) is 0. The topological polar surface area (TPSA) is 74.7 Å². The minimum atomic E-state index is -0.789. The van der Waals surface area contributed by atoms with Gasteiger partial charge in [0.1, 0.15) is 11.9 Å². The number of nitrogens with one attached hydrogen (secondary N) is 1. The second kappa shape index (κ2) is 10.5. The average molecular weight is 438 g/mol. The van der Waals surface area contributed by atoms with Crippen LogP contribution in [0.4, 0.5) is 5.82 Å². The van der Waals surface area contributed by atoms with Crippen LogP contribution in [-0.2, 0) is 22.4 Å². The zero-order valence-corrected chi connectivity index (χ0v) is 19.3. The Kier molecular flexibility index (Phi) is 7.43. The number of ether oxygens (including phenoxy) is 1. The van der Waals surface area contributed by atoms with E-state index in [1.54, 1.807) is 0 Å². The number of likely N-dealkylation sites (tertiary alicyclic amines) is 1. The van der Waals surface area contributed by atoms with Crippen molar-refractivity contribution in [2.24, 2.45) is 0 Å². The minimum absolute atomic E-state index is 0.105. The molecule has 0 bridgehead atoms. The number of benzene rings is 1. The van der Waals surface area contributed by atoms with Gasteiger partial charge in [0.15, 0.2) is 0 Å². The molecule has 0 saturated carbocycles. The van der Waals surface area contributed by atoms with Gasteiger partial charge in [-0.3, -0.25) is 9.69 Å². The number of rotatable bonds is 9. The number of aromatic nitrogens is 1. The number of unbranched alkanes of at least 4 members (excludes halogenated alkanes) is 1. The van der Waals surface area contributed by atoms with Crippen molar-refractivity contribution in [1.29, 1.82) is 0 Å². The number of hydrogen-bond donors (Lipinski definition) is 2. The van der Waals surface area contributed by atoms with E-state index in [4.69, 9.17) is 9.72 Å². The molecule has 1 fully saturated rings. The fourth-order valence-corrected chi connectivity index (χ4v) is 4.97. The van der Waals surface area contributed by atoms with E-state index in [1.165, 1.54) is 12.0 Å². The van der Waals surface area contributed by atoms with Crippen molar-refractivity contribution in [3.8, 4) is 0 Å². The monoisotopic (exact) mass is 437 g/mol. The first-order chi connectivity index (χ1) is 15.5. The van der Waals surface area contributed by atoms with Gasteiger partial charge in [-0.25, -0.2) is 4.98 Å². The Balaban J connectivity index is 1.22. The molecular weight excluding hydrogens is 402 g/mol. The highest BCUT2D eigenvalue weighted by Gasteiger charge is 2.34. The number of carboxylic acid groups (broad SMARTS) is 1. The highest BCUT2D eigenvalue weighted by Crippen LogP contribution is 2.28. The number of hydrogen-bond acceptors (Lipinski definition) is 5. The Morgan fingerprint density at radius 2 is 2.06 bits per heavy atom. The second-order valence-electron chi connectivity index (χ2n) is 9.24. The van der Waals surface area contributed by atoms with Crippen LogP contribution in [0.5, 0.6) is 0 Å². The predicted molar refractivity (Wildman–Crippen MR) is 126 cm³/mol. The van der Waals surface area contributed by atoms with Crippen LogP contribution < -0.4 is 5.32 Å². The number of carbonyl (C=O) groups is 1. The van der Waals surface area contributed by atoms with Crippen LogP contribution in [0.1, 0.15) is 59.7 Å². The van der Waals surface area contributed by atoms with Crippen molar-refractivity contribution >= 4 is 11.8 Å². The number of nitrogens with zero attached hydrogens (tertiary/aromatic N) is 2. The van der Waals surface area contributed by atoms with Gasteiger partial charge in [-0.15, -0.1) is 0 Å². The lowest BCUT2D eigenvalue weighted by Crippen LogP contribution is -2.33. The molecule has 2 aliphatic rings. The predicted octanol–water partition coefficient (Wildman–Crippen LogP) is 4.30. The maximum Gasteiger partial charge on any atom is 0.325 e. The lowest BCUT2D eigenvalue weighted by atomic mass is 10.0. The van der Waals surface area contributed by atoms with E-state index in [0.717, 1.165) is 73.4 Å². The van der Waals surface area contributed by atoms with E-state index in [-0.39, 0.29) is 6.10 Å². The van der Waals surface area contributed by atoms with Crippen molar-refractivity contribution < 1.29 is 14.6 Å². The second-order valence-corrected chi connectivity index (χ2v) is 9.24. The van der Waals surface area contributed by atoms with Crippen molar-refractivity contribution in [2.75, 3.05) is 31.6 Å². The fraction of sp³-hybridized carbons (Fsp3) is 0.538.